The van der Waals surface area contributed by atoms with E-state index in [0.29, 0.717) is 0 Å². The van der Waals surface area contributed by atoms with Crippen molar-refractivity contribution in [1.82, 2.24) is 9.55 Å². The summed E-state index contributed by atoms with van der Waals surface area (Å²) in [6.07, 6.45) is 7.38. The van der Waals surface area contributed by atoms with Crippen molar-refractivity contribution >= 4 is 17.3 Å². The third kappa shape index (κ3) is 3.21. The number of benzene rings is 2. The van der Waals surface area contributed by atoms with E-state index in [1.165, 1.54) is 28.9 Å². The van der Waals surface area contributed by atoms with Crippen LogP contribution in [0, 0.1) is 5.82 Å². The molecule has 1 atom stereocenters. The molecule has 5 heteroatoms. The summed E-state index contributed by atoms with van der Waals surface area (Å²) in [5.74, 6) is -0.214. The Kier molecular flexibility index (Phi) is 4.68. The van der Waals surface area contributed by atoms with E-state index in [0.717, 1.165) is 36.5 Å². The lowest BCUT2D eigenvalue weighted by Gasteiger charge is -2.27. The molecule has 0 saturated heterocycles. The van der Waals surface area contributed by atoms with Crippen LogP contribution in [0.25, 0.3) is 0 Å². The average Bonchev–Trinajstić information content (AvgIpc) is 3.30. The molecule has 0 saturated carbocycles. The van der Waals surface area contributed by atoms with Gasteiger partial charge in [0.1, 0.15) is 5.82 Å². The summed E-state index contributed by atoms with van der Waals surface area (Å²) < 4.78 is 15.4. The van der Waals surface area contributed by atoms with Gasteiger partial charge in [-0.3, -0.25) is 0 Å². The highest BCUT2D eigenvalue weighted by Gasteiger charge is 2.27. The van der Waals surface area contributed by atoms with E-state index >= 15 is 0 Å². The molecule has 4 rings (SSSR count). The first-order valence-corrected chi connectivity index (χ1v) is 9.32. The number of nitrogens with zero attached hydrogens (tertiary/aromatic N) is 3. The topological polar surface area (TPSA) is 21.1 Å². The third-order valence-electron chi connectivity index (χ3n) is 5.12. The first kappa shape index (κ1) is 17.1. The molecule has 0 spiro atoms. The predicted octanol–water partition coefficient (Wildman–Crippen LogP) is 4.89. The van der Waals surface area contributed by atoms with E-state index in [1.807, 2.05) is 24.7 Å². The maximum Gasteiger partial charge on any atom is 0.123 e. The molecule has 0 bridgehead atoms. The van der Waals surface area contributed by atoms with E-state index < -0.39 is 0 Å². The van der Waals surface area contributed by atoms with Crippen molar-refractivity contribution < 1.29 is 4.39 Å². The summed E-state index contributed by atoms with van der Waals surface area (Å²) in [5, 5.41) is 0.765. The van der Waals surface area contributed by atoms with Crippen LogP contribution in [0.3, 0.4) is 0 Å². The second kappa shape index (κ2) is 7.12. The van der Waals surface area contributed by atoms with Gasteiger partial charge in [-0.05, 0) is 55.2 Å². The number of fused-ring (bicyclic) bond motifs is 1. The van der Waals surface area contributed by atoms with Crippen LogP contribution in [-0.4, -0.2) is 22.6 Å². The molecular weight excluding hydrogens is 349 g/mol. The summed E-state index contributed by atoms with van der Waals surface area (Å²) >= 11 is 6.46. The number of anilines is 1. The molecular formula is C21H21ClFN3. The molecule has 26 heavy (non-hydrogen) atoms. The fourth-order valence-corrected chi connectivity index (χ4v) is 4.12. The van der Waals surface area contributed by atoms with Crippen molar-refractivity contribution in [3.63, 3.8) is 0 Å². The molecule has 1 aromatic heterocycles. The van der Waals surface area contributed by atoms with E-state index in [4.69, 9.17) is 11.6 Å². The van der Waals surface area contributed by atoms with Crippen LogP contribution in [0.1, 0.15) is 29.7 Å². The van der Waals surface area contributed by atoms with Crippen LogP contribution in [-0.2, 0) is 12.8 Å². The summed E-state index contributed by atoms with van der Waals surface area (Å²) in [6.45, 7) is 4.17. The molecule has 3 aromatic rings. The Morgan fingerprint density at radius 1 is 1.23 bits per heavy atom. The SMILES string of the molecule is CCN1CCc2cc(Cl)cc(C(Cc3ccc(F)cc3)n3ccnc3)c21. The van der Waals surface area contributed by atoms with E-state index in [-0.39, 0.29) is 11.9 Å². The van der Waals surface area contributed by atoms with Crippen LogP contribution in [0.15, 0.2) is 55.1 Å². The lowest BCUT2D eigenvalue weighted by Crippen LogP contribution is -2.23. The number of imidazole rings is 1. The molecule has 1 aliphatic heterocycles. The molecule has 0 radical (unpaired) electrons. The predicted molar refractivity (Wildman–Crippen MR) is 104 cm³/mol. The smallest absolute Gasteiger partial charge is 0.123 e. The van der Waals surface area contributed by atoms with Gasteiger partial charge in [0.25, 0.3) is 0 Å². The van der Waals surface area contributed by atoms with Gasteiger partial charge in [-0.1, -0.05) is 23.7 Å². The molecule has 2 aromatic carbocycles. The van der Waals surface area contributed by atoms with Crippen molar-refractivity contribution in [2.45, 2.75) is 25.8 Å². The highest BCUT2D eigenvalue weighted by molar-refractivity contribution is 6.30. The average molecular weight is 370 g/mol. The Hall–Kier alpha value is -2.33. The summed E-state index contributed by atoms with van der Waals surface area (Å²) in [7, 11) is 0. The van der Waals surface area contributed by atoms with Crippen LogP contribution in [0.2, 0.25) is 5.02 Å². The van der Waals surface area contributed by atoms with Crippen LogP contribution in [0.5, 0.6) is 0 Å². The first-order valence-electron chi connectivity index (χ1n) is 8.95. The fraction of sp³-hybridized carbons (Fsp3) is 0.286. The van der Waals surface area contributed by atoms with Gasteiger partial charge in [0.15, 0.2) is 0 Å². The normalized spacial score (nSPS) is 14.5. The number of aromatic nitrogens is 2. The Labute approximate surface area is 158 Å². The van der Waals surface area contributed by atoms with Gasteiger partial charge in [-0.15, -0.1) is 0 Å². The van der Waals surface area contributed by atoms with Gasteiger partial charge in [0, 0.05) is 41.8 Å². The zero-order valence-corrected chi connectivity index (χ0v) is 15.5. The van der Waals surface area contributed by atoms with E-state index in [9.17, 15) is 4.39 Å². The highest BCUT2D eigenvalue weighted by Crippen LogP contribution is 2.40. The minimum atomic E-state index is -0.214. The first-order chi connectivity index (χ1) is 12.7. The molecule has 3 nitrogen and oxygen atoms in total. The van der Waals surface area contributed by atoms with Crippen molar-refractivity contribution in [3.8, 4) is 0 Å². The number of likely N-dealkylation sites (N-methyl/N-ethyl adjacent to an activating group) is 1. The van der Waals surface area contributed by atoms with Crippen LogP contribution in [0.4, 0.5) is 10.1 Å². The Morgan fingerprint density at radius 2 is 2.04 bits per heavy atom. The lowest BCUT2D eigenvalue weighted by molar-refractivity contribution is 0.577. The quantitative estimate of drug-likeness (QED) is 0.638. The summed E-state index contributed by atoms with van der Waals surface area (Å²) in [4.78, 5) is 6.65. The highest BCUT2D eigenvalue weighted by atomic mass is 35.5. The van der Waals surface area contributed by atoms with Gasteiger partial charge < -0.3 is 9.47 Å². The monoisotopic (exact) mass is 369 g/mol. The van der Waals surface area contributed by atoms with Gasteiger partial charge in [-0.2, -0.15) is 0 Å². The number of rotatable bonds is 5. The third-order valence-corrected chi connectivity index (χ3v) is 5.34. The second-order valence-electron chi connectivity index (χ2n) is 6.69. The molecule has 2 heterocycles. The molecule has 1 aliphatic rings. The fourth-order valence-electron chi connectivity index (χ4n) is 3.87. The minimum Gasteiger partial charge on any atom is -0.371 e. The summed E-state index contributed by atoms with van der Waals surface area (Å²) in [6, 6.07) is 10.9. The second-order valence-corrected chi connectivity index (χ2v) is 7.13. The number of hydrogen-bond acceptors (Lipinski definition) is 2. The Balaban J connectivity index is 1.81. The zero-order valence-electron chi connectivity index (χ0n) is 14.7. The molecule has 0 amide bonds. The molecule has 0 N–H and O–H groups in total. The Morgan fingerprint density at radius 3 is 2.73 bits per heavy atom. The van der Waals surface area contributed by atoms with E-state index in [1.54, 1.807) is 6.20 Å². The molecule has 0 fully saturated rings. The van der Waals surface area contributed by atoms with Crippen molar-refractivity contribution in [2.75, 3.05) is 18.0 Å². The van der Waals surface area contributed by atoms with Gasteiger partial charge in [-0.25, -0.2) is 9.37 Å². The summed E-state index contributed by atoms with van der Waals surface area (Å²) in [5.41, 5.74) is 4.88. The number of hydrogen-bond donors (Lipinski definition) is 0. The lowest BCUT2D eigenvalue weighted by atomic mass is 9.95. The minimum absolute atomic E-state index is 0.0579. The van der Waals surface area contributed by atoms with Crippen molar-refractivity contribution in [1.29, 1.82) is 0 Å². The van der Waals surface area contributed by atoms with Gasteiger partial charge in [0.2, 0.25) is 0 Å². The van der Waals surface area contributed by atoms with Gasteiger partial charge >= 0.3 is 0 Å². The maximum absolute atomic E-state index is 13.3. The molecule has 134 valence electrons. The van der Waals surface area contributed by atoms with Crippen molar-refractivity contribution in [2.24, 2.45) is 0 Å². The van der Waals surface area contributed by atoms with E-state index in [2.05, 4.69) is 33.5 Å². The largest absolute Gasteiger partial charge is 0.371 e. The molecule has 1 unspecified atom stereocenters. The Bertz CT molecular complexity index is 890. The van der Waals surface area contributed by atoms with Crippen molar-refractivity contribution in [3.05, 3.63) is 82.6 Å². The van der Waals surface area contributed by atoms with Crippen LogP contribution >= 0.6 is 11.6 Å². The standard InChI is InChI=1S/C21H21ClFN3/c1-2-25-9-7-16-12-17(22)13-19(21(16)25)20(26-10-8-24-14-26)11-15-3-5-18(23)6-4-15/h3-6,8,10,12-14,20H,2,7,9,11H2,1H3. The molecule has 0 aliphatic carbocycles. The zero-order chi connectivity index (χ0) is 18.1. The van der Waals surface area contributed by atoms with Gasteiger partial charge in [0.05, 0.1) is 12.4 Å². The maximum atomic E-state index is 13.3. The van der Waals surface area contributed by atoms with Crippen LogP contribution < -0.4 is 4.90 Å². The number of halogens is 2.